The third-order valence-corrected chi connectivity index (χ3v) is 4.50. The quantitative estimate of drug-likeness (QED) is 0.666. The lowest BCUT2D eigenvalue weighted by atomic mass is 10.1. The highest BCUT2D eigenvalue weighted by Crippen LogP contribution is 2.29. The second kappa shape index (κ2) is 6.32. The molecule has 8 heteroatoms. The number of nitrogens with zero attached hydrogens (tertiary/aromatic N) is 2. The number of benzene rings is 1. The van der Waals surface area contributed by atoms with Crippen LogP contribution in [0.4, 0.5) is 16.6 Å². The number of aryl methyl sites for hydroxylation is 2. The number of hydrogen-bond donors (Lipinski definition) is 3. The molecule has 0 saturated carbocycles. The van der Waals surface area contributed by atoms with Gasteiger partial charge in [0, 0.05) is 11.1 Å². The lowest BCUT2D eigenvalue weighted by Crippen LogP contribution is -2.12. The molecule has 3 aromatic rings. The molecule has 2 heterocycles. The summed E-state index contributed by atoms with van der Waals surface area (Å²) >= 11 is 1.20. The van der Waals surface area contributed by atoms with Crippen LogP contribution in [-0.4, -0.2) is 21.2 Å². The van der Waals surface area contributed by atoms with E-state index in [1.54, 1.807) is 19.1 Å². The van der Waals surface area contributed by atoms with Crippen molar-refractivity contribution in [1.29, 1.82) is 0 Å². The van der Waals surface area contributed by atoms with Gasteiger partial charge in [0.25, 0.3) is 5.91 Å². The van der Waals surface area contributed by atoms with Gasteiger partial charge in [-0.15, -0.1) is 0 Å². The van der Waals surface area contributed by atoms with Crippen molar-refractivity contribution >= 4 is 33.9 Å². The van der Waals surface area contributed by atoms with Gasteiger partial charge in [0.05, 0.1) is 11.9 Å². The van der Waals surface area contributed by atoms with Gasteiger partial charge in [-0.25, -0.2) is 4.98 Å². The number of aromatic hydroxyl groups is 1. The van der Waals surface area contributed by atoms with E-state index >= 15 is 0 Å². The Morgan fingerprint density at radius 1 is 1.25 bits per heavy atom. The first-order chi connectivity index (χ1) is 11.5. The van der Waals surface area contributed by atoms with E-state index in [9.17, 15) is 9.90 Å². The van der Waals surface area contributed by atoms with E-state index in [2.05, 4.69) is 20.8 Å². The molecule has 1 amide bonds. The SMILES string of the molecule is Cc1conc1Nc1ncc(C(=O)Nc2c(C)ccc(O)c2C)s1. The molecule has 7 nitrogen and oxygen atoms in total. The van der Waals surface area contributed by atoms with Gasteiger partial charge >= 0.3 is 0 Å². The highest BCUT2D eigenvalue weighted by atomic mass is 32.1. The molecule has 0 aliphatic carbocycles. The molecule has 0 unspecified atom stereocenters. The van der Waals surface area contributed by atoms with Gasteiger partial charge < -0.3 is 20.3 Å². The van der Waals surface area contributed by atoms with Crippen molar-refractivity contribution in [3.8, 4) is 5.75 Å². The van der Waals surface area contributed by atoms with E-state index in [4.69, 9.17) is 4.52 Å². The van der Waals surface area contributed by atoms with E-state index in [-0.39, 0.29) is 11.7 Å². The topological polar surface area (TPSA) is 100 Å². The minimum atomic E-state index is -0.283. The number of carbonyl (C=O) groups excluding carboxylic acids is 1. The van der Waals surface area contributed by atoms with Crippen LogP contribution < -0.4 is 10.6 Å². The van der Waals surface area contributed by atoms with Crippen LogP contribution in [0.25, 0.3) is 0 Å². The average molecular weight is 344 g/mol. The number of carbonyl (C=O) groups is 1. The number of thiazole rings is 1. The predicted molar refractivity (Wildman–Crippen MR) is 92.2 cm³/mol. The van der Waals surface area contributed by atoms with Gasteiger partial charge in [-0.05, 0) is 32.4 Å². The van der Waals surface area contributed by atoms with Crippen LogP contribution in [-0.2, 0) is 0 Å². The summed E-state index contributed by atoms with van der Waals surface area (Å²) in [6, 6.07) is 3.36. The van der Waals surface area contributed by atoms with Gasteiger partial charge in [0.2, 0.25) is 0 Å². The molecule has 3 rings (SSSR count). The summed E-state index contributed by atoms with van der Waals surface area (Å²) in [5.41, 5.74) is 2.96. The molecule has 0 bridgehead atoms. The van der Waals surface area contributed by atoms with Gasteiger partial charge in [-0.2, -0.15) is 0 Å². The zero-order valence-electron chi connectivity index (χ0n) is 13.4. The van der Waals surface area contributed by atoms with E-state index in [0.29, 0.717) is 27.1 Å². The number of phenols is 1. The Bertz CT molecular complexity index is 901. The van der Waals surface area contributed by atoms with Crippen molar-refractivity contribution in [3.05, 3.63) is 46.2 Å². The largest absolute Gasteiger partial charge is 0.508 e. The normalized spacial score (nSPS) is 10.6. The van der Waals surface area contributed by atoms with Crippen molar-refractivity contribution in [2.24, 2.45) is 0 Å². The second-order valence-electron chi connectivity index (χ2n) is 5.36. The standard InChI is InChI=1S/C16H16N4O3S/c1-8-4-5-11(21)10(3)13(8)18-15(22)12-6-17-16(24-12)19-14-9(2)7-23-20-14/h4-7,21H,1-3H3,(H,18,22)(H,17,19,20). The summed E-state index contributed by atoms with van der Waals surface area (Å²) in [5, 5.41) is 20.0. The fourth-order valence-electron chi connectivity index (χ4n) is 2.15. The molecule has 124 valence electrons. The molecule has 0 radical (unpaired) electrons. The first kappa shape index (κ1) is 16.0. The van der Waals surface area contributed by atoms with Gasteiger partial charge in [0.15, 0.2) is 10.9 Å². The third-order valence-electron chi connectivity index (χ3n) is 3.59. The van der Waals surface area contributed by atoms with E-state index in [0.717, 1.165) is 11.1 Å². The molecule has 0 fully saturated rings. The van der Waals surface area contributed by atoms with Crippen molar-refractivity contribution in [2.75, 3.05) is 10.6 Å². The van der Waals surface area contributed by atoms with Gasteiger partial charge in [0.1, 0.15) is 16.9 Å². The Balaban J connectivity index is 1.77. The first-order valence-electron chi connectivity index (χ1n) is 7.20. The Morgan fingerprint density at radius 2 is 2.04 bits per heavy atom. The maximum Gasteiger partial charge on any atom is 0.267 e. The minimum absolute atomic E-state index is 0.143. The fourth-order valence-corrected chi connectivity index (χ4v) is 2.86. The fraction of sp³-hybridized carbons (Fsp3) is 0.188. The van der Waals surface area contributed by atoms with Crippen LogP contribution in [0.3, 0.4) is 0 Å². The lowest BCUT2D eigenvalue weighted by Gasteiger charge is -2.11. The molecule has 3 N–H and O–H groups in total. The number of anilines is 3. The number of amides is 1. The number of phenolic OH excluding ortho intramolecular Hbond substituents is 1. The molecule has 0 spiro atoms. The minimum Gasteiger partial charge on any atom is -0.508 e. The molecule has 0 atom stereocenters. The maximum absolute atomic E-state index is 12.4. The monoisotopic (exact) mass is 344 g/mol. The third kappa shape index (κ3) is 3.09. The summed E-state index contributed by atoms with van der Waals surface area (Å²) in [4.78, 5) is 17.0. The second-order valence-corrected chi connectivity index (χ2v) is 6.39. The van der Waals surface area contributed by atoms with Crippen molar-refractivity contribution in [1.82, 2.24) is 10.1 Å². The maximum atomic E-state index is 12.4. The summed E-state index contributed by atoms with van der Waals surface area (Å²) in [7, 11) is 0. The summed E-state index contributed by atoms with van der Waals surface area (Å²) in [5.74, 6) is 0.425. The van der Waals surface area contributed by atoms with Gasteiger partial charge in [-0.3, -0.25) is 4.79 Å². The zero-order chi connectivity index (χ0) is 17.3. The summed E-state index contributed by atoms with van der Waals surface area (Å²) in [6.45, 7) is 5.48. The molecule has 0 aliphatic heterocycles. The van der Waals surface area contributed by atoms with Crippen LogP contribution in [0.5, 0.6) is 5.75 Å². The molecule has 0 aliphatic rings. The van der Waals surface area contributed by atoms with Crippen LogP contribution in [0, 0.1) is 20.8 Å². The van der Waals surface area contributed by atoms with Crippen molar-refractivity contribution in [3.63, 3.8) is 0 Å². The molecule has 0 saturated heterocycles. The number of hydrogen-bond acceptors (Lipinski definition) is 7. The molecule has 2 aromatic heterocycles. The van der Waals surface area contributed by atoms with Gasteiger partial charge in [-0.1, -0.05) is 22.6 Å². The first-order valence-corrected chi connectivity index (χ1v) is 8.01. The van der Waals surface area contributed by atoms with Crippen LogP contribution >= 0.6 is 11.3 Å². The number of nitrogens with one attached hydrogen (secondary N) is 2. The highest BCUT2D eigenvalue weighted by Gasteiger charge is 2.15. The van der Waals surface area contributed by atoms with Crippen molar-refractivity contribution < 1.29 is 14.4 Å². The predicted octanol–water partition coefficient (Wildman–Crippen LogP) is 3.76. The number of aromatic nitrogens is 2. The molecular weight excluding hydrogens is 328 g/mol. The lowest BCUT2D eigenvalue weighted by molar-refractivity contribution is 0.103. The van der Waals surface area contributed by atoms with E-state index in [1.165, 1.54) is 23.8 Å². The number of rotatable bonds is 4. The highest BCUT2D eigenvalue weighted by molar-refractivity contribution is 7.17. The van der Waals surface area contributed by atoms with Crippen LogP contribution in [0.1, 0.15) is 26.4 Å². The zero-order valence-corrected chi connectivity index (χ0v) is 14.2. The Morgan fingerprint density at radius 3 is 2.75 bits per heavy atom. The summed E-state index contributed by atoms with van der Waals surface area (Å²) < 4.78 is 4.85. The van der Waals surface area contributed by atoms with Crippen LogP contribution in [0.15, 0.2) is 29.1 Å². The Labute approximate surface area is 142 Å². The molecular formula is C16H16N4O3S. The molecule has 1 aromatic carbocycles. The van der Waals surface area contributed by atoms with E-state index in [1.807, 2.05) is 13.8 Å². The smallest absolute Gasteiger partial charge is 0.267 e. The van der Waals surface area contributed by atoms with E-state index < -0.39 is 0 Å². The Kier molecular flexibility index (Phi) is 4.22. The van der Waals surface area contributed by atoms with Crippen molar-refractivity contribution in [2.45, 2.75) is 20.8 Å². The average Bonchev–Trinajstić information content (AvgIpc) is 3.18. The molecule has 24 heavy (non-hydrogen) atoms. The Hall–Kier alpha value is -2.87. The summed E-state index contributed by atoms with van der Waals surface area (Å²) in [6.07, 6.45) is 3.02. The van der Waals surface area contributed by atoms with Crippen LogP contribution in [0.2, 0.25) is 0 Å².